The number of carboxylic acid groups (broad SMARTS) is 1. The van der Waals surface area contributed by atoms with Gasteiger partial charge in [-0.2, -0.15) is 0 Å². The second-order valence-electron chi connectivity index (χ2n) is 8.13. The van der Waals surface area contributed by atoms with Crippen molar-refractivity contribution in [3.05, 3.63) is 83.7 Å². The lowest BCUT2D eigenvalue weighted by Crippen LogP contribution is -2.44. The summed E-state index contributed by atoms with van der Waals surface area (Å²) in [4.78, 5) is 40.5. The molecule has 1 aliphatic rings. The third-order valence-electron chi connectivity index (χ3n) is 5.88. The molecule has 1 aromatic heterocycles. The Morgan fingerprint density at radius 3 is 2.29 bits per heavy atom. The van der Waals surface area contributed by atoms with Gasteiger partial charge in [-0.05, 0) is 47.2 Å². The van der Waals surface area contributed by atoms with Crippen LogP contribution in [0.3, 0.4) is 0 Å². The molecule has 174 valence electrons. The van der Waals surface area contributed by atoms with Crippen molar-refractivity contribution >= 4 is 23.7 Å². The predicted octanol–water partition coefficient (Wildman–Crippen LogP) is 4.10. The van der Waals surface area contributed by atoms with Gasteiger partial charge in [0, 0.05) is 30.4 Å². The van der Waals surface area contributed by atoms with Gasteiger partial charge >= 0.3 is 12.1 Å². The minimum atomic E-state index is -1.07. The summed E-state index contributed by atoms with van der Waals surface area (Å²) in [5.74, 6) is -1.71. The Morgan fingerprint density at radius 2 is 1.68 bits per heavy atom. The number of hydrogen-bond acceptors (Lipinski definition) is 5. The number of nitrogens with one attached hydrogen (secondary N) is 2. The van der Waals surface area contributed by atoms with Crippen LogP contribution >= 0.6 is 0 Å². The second kappa shape index (κ2) is 10.2. The molecular weight excluding hydrogens is 434 g/mol. The predicted molar refractivity (Wildman–Crippen MR) is 126 cm³/mol. The van der Waals surface area contributed by atoms with Crippen LogP contribution in [0, 0.1) is 6.92 Å². The number of fused-ring (bicyclic) bond motifs is 3. The van der Waals surface area contributed by atoms with E-state index in [1.54, 1.807) is 19.2 Å². The van der Waals surface area contributed by atoms with Gasteiger partial charge in [-0.25, -0.2) is 4.79 Å². The van der Waals surface area contributed by atoms with Crippen LogP contribution in [0.2, 0.25) is 0 Å². The van der Waals surface area contributed by atoms with E-state index < -0.39 is 24.0 Å². The van der Waals surface area contributed by atoms with E-state index in [1.807, 2.05) is 48.5 Å². The fraction of sp³-hybridized carbons (Fsp3) is 0.231. The van der Waals surface area contributed by atoms with Crippen LogP contribution < -0.4 is 10.6 Å². The van der Waals surface area contributed by atoms with E-state index >= 15 is 0 Å². The molecule has 8 heteroatoms. The fourth-order valence-electron chi connectivity index (χ4n) is 4.15. The minimum Gasteiger partial charge on any atom is -0.481 e. The minimum absolute atomic E-state index is 0.0739. The number of pyridine rings is 1. The summed E-state index contributed by atoms with van der Waals surface area (Å²) in [5, 5.41) is 14.3. The molecule has 1 atom stereocenters. The van der Waals surface area contributed by atoms with Crippen molar-refractivity contribution in [1.82, 2.24) is 10.3 Å². The molecular formula is C26H25N3O5. The molecule has 0 aliphatic heterocycles. The maximum absolute atomic E-state index is 12.8. The molecule has 3 N–H and O–H groups in total. The van der Waals surface area contributed by atoms with Gasteiger partial charge in [0.25, 0.3) is 0 Å². The molecule has 0 spiro atoms. The van der Waals surface area contributed by atoms with Crippen LogP contribution in [-0.2, 0) is 14.3 Å². The third kappa shape index (κ3) is 5.06. The highest BCUT2D eigenvalue weighted by molar-refractivity contribution is 5.97. The number of aryl methyl sites for hydroxylation is 1. The fourth-order valence-corrected chi connectivity index (χ4v) is 4.15. The molecule has 2 aromatic carbocycles. The molecule has 1 unspecified atom stereocenters. The van der Waals surface area contributed by atoms with E-state index in [9.17, 15) is 14.4 Å². The van der Waals surface area contributed by atoms with Crippen molar-refractivity contribution in [2.24, 2.45) is 0 Å². The summed E-state index contributed by atoms with van der Waals surface area (Å²) >= 11 is 0. The van der Waals surface area contributed by atoms with Crippen molar-refractivity contribution in [3.63, 3.8) is 0 Å². The first-order chi connectivity index (χ1) is 16.4. The first-order valence-corrected chi connectivity index (χ1v) is 11.0. The summed E-state index contributed by atoms with van der Waals surface area (Å²) < 4.78 is 5.51. The molecule has 2 amide bonds. The Bertz CT molecular complexity index is 1180. The number of alkyl carbamates (subject to hydrolysis) is 1. The molecule has 1 aliphatic carbocycles. The standard InChI is InChI=1S/C26H25N3O5/c1-16-14-27-13-12-22(16)28-25(32)23(10-11-24(30)31)29-26(33)34-15-21-19-8-4-2-6-17(19)18-7-3-5-9-20(18)21/h2-9,12-14,21,23H,10-11,15H2,1H3,(H,29,33)(H,30,31)(H,27,28,32). The van der Waals surface area contributed by atoms with Crippen molar-refractivity contribution in [3.8, 4) is 11.1 Å². The van der Waals surface area contributed by atoms with Crippen molar-refractivity contribution in [1.29, 1.82) is 0 Å². The maximum Gasteiger partial charge on any atom is 0.407 e. The van der Waals surface area contributed by atoms with E-state index in [2.05, 4.69) is 15.6 Å². The maximum atomic E-state index is 12.8. The van der Waals surface area contributed by atoms with Gasteiger partial charge in [-0.3, -0.25) is 14.6 Å². The number of aliphatic carboxylic acids is 1. The van der Waals surface area contributed by atoms with Gasteiger partial charge in [0.2, 0.25) is 5.91 Å². The number of amides is 2. The molecule has 0 bridgehead atoms. The first kappa shape index (κ1) is 23.0. The van der Waals surface area contributed by atoms with Crippen molar-refractivity contribution < 1.29 is 24.2 Å². The number of carboxylic acids is 1. The number of carbonyl (C=O) groups excluding carboxylic acids is 2. The quantitative estimate of drug-likeness (QED) is 0.467. The number of ether oxygens (including phenoxy) is 1. The van der Waals surface area contributed by atoms with Gasteiger partial charge < -0.3 is 20.5 Å². The lowest BCUT2D eigenvalue weighted by molar-refractivity contribution is -0.137. The molecule has 8 nitrogen and oxygen atoms in total. The Labute approximate surface area is 197 Å². The zero-order valence-electron chi connectivity index (χ0n) is 18.7. The van der Waals surface area contributed by atoms with Crippen molar-refractivity contribution in [2.75, 3.05) is 11.9 Å². The zero-order valence-corrected chi connectivity index (χ0v) is 18.7. The van der Waals surface area contributed by atoms with E-state index in [4.69, 9.17) is 9.84 Å². The SMILES string of the molecule is Cc1cnccc1NC(=O)C(CCC(=O)O)NC(=O)OCC1c2ccccc2-c2ccccc21. The van der Waals surface area contributed by atoms with Crippen LogP contribution in [0.15, 0.2) is 67.0 Å². The molecule has 1 heterocycles. The van der Waals surface area contributed by atoms with E-state index in [1.165, 1.54) is 6.20 Å². The topological polar surface area (TPSA) is 118 Å². The molecule has 34 heavy (non-hydrogen) atoms. The summed E-state index contributed by atoms with van der Waals surface area (Å²) in [5.41, 5.74) is 5.65. The Hall–Kier alpha value is -4.20. The molecule has 0 saturated carbocycles. The molecule has 0 saturated heterocycles. The van der Waals surface area contributed by atoms with Crippen LogP contribution in [-0.4, -0.2) is 40.7 Å². The number of benzene rings is 2. The largest absolute Gasteiger partial charge is 0.481 e. The number of carbonyl (C=O) groups is 3. The van der Waals surface area contributed by atoms with E-state index in [0.717, 1.165) is 27.8 Å². The average Bonchev–Trinajstić information content (AvgIpc) is 3.15. The van der Waals surface area contributed by atoms with Gasteiger partial charge in [-0.1, -0.05) is 48.5 Å². The smallest absolute Gasteiger partial charge is 0.407 e. The zero-order chi connectivity index (χ0) is 24.1. The summed E-state index contributed by atoms with van der Waals surface area (Å²) in [6, 6.07) is 16.5. The van der Waals surface area contributed by atoms with Gasteiger partial charge in [0.05, 0.1) is 0 Å². The highest BCUT2D eigenvalue weighted by Gasteiger charge is 2.30. The molecule has 0 fully saturated rings. The lowest BCUT2D eigenvalue weighted by Gasteiger charge is -2.20. The average molecular weight is 460 g/mol. The molecule has 3 aromatic rings. The number of rotatable bonds is 8. The van der Waals surface area contributed by atoms with E-state index in [0.29, 0.717) is 5.69 Å². The summed E-state index contributed by atoms with van der Waals surface area (Å²) in [6.45, 7) is 1.88. The van der Waals surface area contributed by atoms with Gasteiger partial charge in [0.15, 0.2) is 0 Å². The monoisotopic (exact) mass is 459 g/mol. The van der Waals surface area contributed by atoms with Crippen LogP contribution in [0.25, 0.3) is 11.1 Å². The van der Waals surface area contributed by atoms with Crippen LogP contribution in [0.4, 0.5) is 10.5 Å². The number of aromatic nitrogens is 1. The van der Waals surface area contributed by atoms with E-state index in [-0.39, 0.29) is 25.4 Å². The normalized spacial score (nSPS) is 12.9. The number of nitrogens with zero attached hydrogens (tertiary/aromatic N) is 1. The van der Waals surface area contributed by atoms with Crippen molar-refractivity contribution in [2.45, 2.75) is 31.7 Å². The third-order valence-corrected chi connectivity index (χ3v) is 5.88. The Morgan fingerprint density at radius 1 is 1.03 bits per heavy atom. The van der Waals surface area contributed by atoms with Crippen LogP contribution in [0.5, 0.6) is 0 Å². The number of anilines is 1. The highest BCUT2D eigenvalue weighted by atomic mass is 16.5. The Kier molecular flexibility index (Phi) is 6.87. The van der Waals surface area contributed by atoms with Gasteiger partial charge in [-0.15, -0.1) is 0 Å². The lowest BCUT2D eigenvalue weighted by atomic mass is 9.98. The number of hydrogen-bond donors (Lipinski definition) is 3. The summed E-state index contributed by atoms with van der Waals surface area (Å²) in [6.07, 6.45) is 2.00. The summed E-state index contributed by atoms with van der Waals surface area (Å²) in [7, 11) is 0. The highest BCUT2D eigenvalue weighted by Crippen LogP contribution is 2.44. The second-order valence-corrected chi connectivity index (χ2v) is 8.13. The Balaban J connectivity index is 1.43. The molecule has 4 rings (SSSR count). The van der Waals surface area contributed by atoms with Crippen LogP contribution in [0.1, 0.15) is 35.4 Å². The van der Waals surface area contributed by atoms with Gasteiger partial charge in [0.1, 0.15) is 12.6 Å². The molecule has 0 radical (unpaired) electrons. The first-order valence-electron chi connectivity index (χ1n) is 11.0.